The molecule has 48 heavy (non-hydrogen) atoms. The van der Waals surface area contributed by atoms with Gasteiger partial charge in [-0.3, -0.25) is 0 Å². The van der Waals surface area contributed by atoms with Gasteiger partial charge in [0, 0.05) is 30.1 Å². The molecular weight excluding hydrogens is 593 g/mol. The summed E-state index contributed by atoms with van der Waals surface area (Å²) in [5, 5.41) is 0. The van der Waals surface area contributed by atoms with E-state index in [0.29, 0.717) is 0 Å². The Kier molecular flexibility index (Phi) is 26.9. The maximum atomic E-state index is 6.60. The molecule has 0 aromatic rings. The topological polar surface area (TPSA) is 55.4 Å². The molecule has 9 heteroatoms. The maximum absolute atomic E-state index is 6.60. The Morgan fingerprint density at radius 2 is 0.979 bits per heavy atom. The third kappa shape index (κ3) is 26.0. The van der Waals surface area contributed by atoms with Gasteiger partial charge in [0.15, 0.2) is 0 Å². The second-order valence-electron chi connectivity index (χ2n) is 16.9. The van der Waals surface area contributed by atoms with Gasteiger partial charge in [-0.05, 0) is 129 Å². The normalized spacial score (nSPS) is 19.4. The van der Waals surface area contributed by atoms with E-state index in [4.69, 9.17) is 40.9 Å². The Bertz CT molecular complexity index is 940. The molecule has 3 aliphatic heterocycles. The number of ether oxygens (including phenoxy) is 1. The van der Waals surface area contributed by atoms with Crippen LogP contribution in [-0.2, 0) is 28.0 Å². The van der Waals surface area contributed by atoms with E-state index in [9.17, 15) is 0 Å². The van der Waals surface area contributed by atoms with Crippen LogP contribution in [0.2, 0.25) is 0 Å². The molecule has 0 bridgehead atoms. The fourth-order valence-electron chi connectivity index (χ4n) is 2.75. The molecule has 274 valence electrons. The molecule has 3 heterocycles. The first-order valence-corrected chi connectivity index (χ1v) is 16.3. The van der Waals surface area contributed by atoms with Gasteiger partial charge in [0.1, 0.15) is 0 Å². The Balaban J connectivity index is -0.000000169. The minimum Gasteiger partial charge on any atom is -0.693 e. The van der Waals surface area contributed by atoms with Crippen molar-refractivity contribution in [2.24, 2.45) is 16.2 Å². The summed E-state index contributed by atoms with van der Waals surface area (Å²) in [4.78, 5) is 0. The van der Waals surface area contributed by atoms with Crippen LogP contribution < -0.4 is 18.9 Å². The Hall–Kier alpha value is -0.833. The Morgan fingerprint density at radius 3 is 1.19 bits per heavy atom. The smallest absolute Gasteiger partial charge is 0.693 e. The van der Waals surface area contributed by atoms with Crippen molar-refractivity contribution in [3.05, 3.63) is 6.42 Å². The number of terminal acetylenes is 1. The minimum atomic E-state index is -0.523. The van der Waals surface area contributed by atoms with Crippen molar-refractivity contribution in [3.8, 4) is 30.0 Å². The zero-order valence-electron chi connectivity index (χ0n) is 33.6. The van der Waals surface area contributed by atoms with Crippen molar-refractivity contribution >= 4 is 14.4 Å². The summed E-state index contributed by atoms with van der Waals surface area (Å²) in [5.41, 5.74) is -1.16. The van der Waals surface area contributed by atoms with Gasteiger partial charge < -0.3 is 40.4 Å². The molecular formula is C39H75B2LiO6. The first kappa shape index (κ1) is 56.5. The van der Waals surface area contributed by atoms with E-state index in [1.165, 1.54) is 12.8 Å². The molecule has 0 amide bonds. The van der Waals surface area contributed by atoms with Gasteiger partial charge in [-0.2, -0.15) is 0 Å². The van der Waals surface area contributed by atoms with Gasteiger partial charge in [-0.1, -0.05) is 41.4 Å². The van der Waals surface area contributed by atoms with Crippen LogP contribution in [0.15, 0.2) is 0 Å². The Morgan fingerprint density at radius 1 is 0.667 bits per heavy atom. The molecule has 0 spiro atoms. The SMILES string of the molecule is C.C.C#CC(C)(C)C.C1CCOC1.CC(C)(C)C#CB1OC(C)(C)C(C)(C)O1.CC(C)OB1OC(C)(C)C(C)(C)O1.[C-]#CC(C)(C)C.[Li+]. The molecule has 6 nitrogen and oxygen atoms in total. The summed E-state index contributed by atoms with van der Waals surface area (Å²) in [6.45, 7) is 40.2. The van der Waals surface area contributed by atoms with E-state index >= 15 is 0 Å². The maximum Gasteiger partial charge on any atom is 1.00 e. The van der Waals surface area contributed by atoms with Gasteiger partial charge in [0.25, 0.3) is 0 Å². The molecule has 0 atom stereocenters. The fraction of sp³-hybridized carbons (Fsp3) is 0.846. The Labute approximate surface area is 313 Å². The summed E-state index contributed by atoms with van der Waals surface area (Å²) >= 11 is 0. The van der Waals surface area contributed by atoms with Crippen LogP contribution in [0.3, 0.4) is 0 Å². The molecule has 0 aliphatic carbocycles. The van der Waals surface area contributed by atoms with Crippen molar-refractivity contribution in [1.82, 2.24) is 0 Å². The summed E-state index contributed by atoms with van der Waals surface area (Å²) in [6, 6.07) is 0. The van der Waals surface area contributed by atoms with Crippen LogP contribution in [0.1, 0.15) is 159 Å². The predicted octanol–water partition coefficient (Wildman–Crippen LogP) is 7.03. The number of hydrogen-bond donors (Lipinski definition) is 0. The first-order chi connectivity index (χ1) is 19.9. The number of rotatable bonds is 2. The molecule has 0 N–H and O–H groups in total. The van der Waals surface area contributed by atoms with Crippen LogP contribution in [-0.4, -0.2) is 56.2 Å². The first-order valence-electron chi connectivity index (χ1n) is 16.3. The van der Waals surface area contributed by atoms with Gasteiger partial charge in [0.2, 0.25) is 0 Å². The van der Waals surface area contributed by atoms with Gasteiger partial charge in [-0.15, -0.1) is 18.3 Å². The van der Waals surface area contributed by atoms with Crippen LogP contribution in [0.4, 0.5) is 0 Å². The molecule has 3 rings (SSSR count). The van der Waals surface area contributed by atoms with E-state index in [2.05, 4.69) is 44.4 Å². The standard InChI is InChI=1S/C12H21BO2.C9H19BO3.C6H10.C6H9.C4H8O.2CH4.Li/c1-10(2,3)8-9-13-14-11(4,5)12(6,7)15-13;1-7(2)11-10-12-8(3,4)9(5,6)13-10;2*1-5-6(2,3)4;1-2-4-5-3-1;;;/h1-7H3;7H,1-6H3;1H,2-4H3;2-4H3;1-4H2;2*1H4;/q;;;-1;;;;+1. The molecule has 0 radical (unpaired) electrons. The van der Waals surface area contributed by atoms with E-state index in [1.807, 2.05) is 111 Å². The van der Waals surface area contributed by atoms with Crippen molar-refractivity contribution in [2.45, 2.75) is 188 Å². The molecule has 0 aromatic heterocycles. The van der Waals surface area contributed by atoms with Crippen molar-refractivity contribution in [1.29, 1.82) is 0 Å². The van der Waals surface area contributed by atoms with Gasteiger partial charge >= 0.3 is 33.3 Å². The number of hydrogen-bond acceptors (Lipinski definition) is 6. The summed E-state index contributed by atoms with van der Waals surface area (Å²) in [5.74, 6) is 11.1. The van der Waals surface area contributed by atoms with E-state index in [0.717, 1.165) is 13.2 Å². The molecule has 0 saturated carbocycles. The van der Waals surface area contributed by atoms with Crippen LogP contribution in [0.25, 0.3) is 0 Å². The van der Waals surface area contributed by atoms with Crippen LogP contribution in [0, 0.1) is 52.7 Å². The van der Waals surface area contributed by atoms with Crippen molar-refractivity contribution < 1.29 is 46.9 Å². The second kappa shape index (κ2) is 22.9. The molecule has 3 fully saturated rings. The minimum absolute atomic E-state index is 0. The monoisotopic (exact) mass is 669 g/mol. The molecule has 3 aliphatic rings. The third-order valence-corrected chi connectivity index (χ3v) is 7.07. The molecule has 0 unspecified atom stereocenters. The van der Waals surface area contributed by atoms with Crippen molar-refractivity contribution in [2.75, 3.05) is 13.2 Å². The van der Waals surface area contributed by atoms with E-state index in [1.54, 1.807) is 0 Å². The largest absolute Gasteiger partial charge is 1.00 e. The molecule has 0 aromatic carbocycles. The quantitative estimate of drug-likeness (QED) is 0.179. The van der Waals surface area contributed by atoms with Crippen LogP contribution in [0.5, 0.6) is 0 Å². The van der Waals surface area contributed by atoms with Gasteiger partial charge in [-0.25, -0.2) is 0 Å². The second-order valence-corrected chi connectivity index (χ2v) is 16.9. The summed E-state index contributed by atoms with van der Waals surface area (Å²) in [7, 11) is -0.917. The van der Waals surface area contributed by atoms with Crippen molar-refractivity contribution in [3.63, 3.8) is 0 Å². The fourth-order valence-corrected chi connectivity index (χ4v) is 2.75. The average Bonchev–Trinajstić information content (AvgIpc) is 3.51. The van der Waals surface area contributed by atoms with Gasteiger partial charge in [0.05, 0.1) is 22.4 Å². The summed E-state index contributed by atoms with van der Waals surface area (Å²) in [6.07, 6.45) is 14.3. The van der Waals surface area contributed by atoms with E-state index in [-0.39, 0.29) is 78.5 Å². The van der Waals surface area contributed by atoms with E-state index < -0.39 is 14.4 Å². The zero-order valence-corrected chi connectivity index (χ0v) is 33.6. The third-order valence-electron chi connectivity index (χ3n) is 7.07. The van der Waals surface area contributed by atoms with Crippen LogP contribution >= 0.6 is 0 Å². The summed E-state index contributed by atoms with van der Waals surface area (Å²) < 4.78 is 33.2. The molecule has 3 saturated heterocycles. The zero-order chi connectivity index (χ0) is 36.1. The predicted molar refractivity (Wildman–Crippen MR) is 204 cm³/mol. The average molecular weight is 669 g/mol.